The molecule has 1 heterocycles. The minimum atomic E-state index is 0.544. The molecule has 0 aliphatic rings. The third kappa shape index (κ3) is 2.60. The Bertz CT molecular complexity index is 207. The highest BCUT2D eigenvalue weighted by Crippen LogP contribution is 2.23. The van der Waals surface area contributed by atoms with E-state index in [0.29, 0.717) is 4.83 Å². The average Bonchev–Trinajstić information content (AvgIpc) is 2.13. The Balaban J connectivity index is 2.58. The maximum Gasteiger partial charge on any atom is 0.0931 e. The van der Waals surface area contributed by atoms with Crippen molar-refractivity contribution in [2.24, 2.45) is 0 Å². The van der Waals surface area contributed by atoms with E-state index in [1.807, 2.05) is 6.07 Å². The van der Waals surface area contributed by atoms with Gasteiger partial charge in [-0.2, -0.15) is 0 Å². The van der Waals surface area contributed by atoms with E-state index in [0.717, 1.165) is 10.8 Å². The fourth-order valence-electron chi connectivity index (χ4n) is 0.739. The van der Waals surface area contributed by atoms with Crippen LogP contribution in [-0.2, 0) is 6.42 Å². The topological polar surface area (TPSA) is 0 Å². The van der Waals surface area contributed by atoms with Crippen LogP contribution in [0, 0.1) is 0 Å². The predicted octanol–water partition coefficient (Wildman–Crippen LogP) is 3.73. The average molecular weight is 240 g/mol. The third-order valence-corrected chi connectivity index (χ3v) is 2.69. The van der Waals surface area contributed by atoms with Gasteiger partial charge in [0.1, 0.15) is 0 Å². The Kier molecular flexibility index (Phi) is 3.21. The van der Waals surface area contributed by atoms with Crippen LogP contribution in [0.15, 0.2) is 12.1 Å². The van der Waals surface area contributed by atoms with Crippen LogP contribution < -0.4 is 0 Å². The number of hydrogen-bond donors (Lipinski definition) is 0. The van der Waals surface area contributed by atoms with Gasteiger partial charge >= 0.3 is 0 Å². The van der Waals surface area contributed by atoms with Gasteiger partial charge in [-0.3, -0.25) is 0 Å². The molecule has 0 aromatic carbocycles. The standard InChI is InChI=1S/C7H8BrClS/c1-5(8)4-6-2-3-7(9)10-6/h2-3,5H,4H2,1H3. The van der Waals surface area contributed by atoms with Gasteiger partial charge in [-0.15, -0.1) is 11.3 Å². The van der Waals surface area contributed by atoms with E-state index in [1.165, 1.54) is 4.88 Å². The number of thiophene rings is 1. The fourth-order valence-corrected chi connectivity index (χ4v) is 2.52. The highest BCUT2D eigenvalue weighted by molar-refractivity contribution is 9.09. The van der Waals surface area contributed by atoms with E-state index in [1.54, 1.807) is 11.3 Å². The van der Waals surface area contributed by atoms with Gasteiger partial charge in [-0.1, -0.05) is 34.5 Å². The van der Waals surface area contributed by atoms with E-state index < -0.39 is 0 Å². The third-order valence-electron chi connectivity index (χ3n) is 1.11. The van der Waals surface area contributed by atoms with Gasteiger partial charge in [0.15, 0.2) is 0 Å². The second-order valence-electron chi connectivity index (χ2n) is 2.19. The lowest BCUT2D eigenvalue weighted by Gasteiger charge is -1.96. The normalized spacial score (nSPS) is 13.5. The monoisotopic (exact) mass is 238 g/mol. The van der Waals surface area contributed by atoms with E-state index in [2.05, 4.69) is 28.9 Å². The van der Waals surface area contributed by atoms with Crippen molar-refractivity contribution in [3.05, 3.63) is 21.3 Å². The molecule has 3 heteroatoms. The minimum Gasteiger partial charge on any atom is -0.128 e. The van der Waals surface area contributed by atoms with E-state index >= 15 is 0 Å². The van der Waals surface area contributed by atoms with Gasteiger partial charge < -0.3 is 0 Å². The summed E-state index contributed by atoms with van der Waals surface area (Å²) >= 11 is 10.9. The summed E-state index contributed by atoms with van der Waals surface area (Å²) in [6.07, 6.45) is 1.07. The van der Waals surface area contributed by atoms with Crippen LogP contribution in [0.1, 0.15) is 11.8 Å². The second kappa shape index (κ2) is 3.74. The maximum absolute atomic E-state index is 5.75. The lowest BCUT2D eigenvalue weighted by molar-refractivity contribution is 0.980. The molecule has 0 radical (unpaired) electrons. The van der Waals surface area contributed by atoms with Crippen LogP contribution in [0.3, 0.4) is 0 Å². The highest BCUT2D eigenvalue weighted by atomic mass is 79.9. The van der Waals surface area contributed by atoms with Gasteiger partial charge in [0.25, 0.3) is 0 Å². The quantitative estimate of drug-likeness (QED) is 0.690. The zero-order chi connectivity index (χ0) is 7.56. The Morgan fingerprint density at radius 1 is 1.70 bits per heavy atom. The van der Waals surface area contributed by atoms with Crippen molar-refractivity contribution < 1.29 is 0 Å². The summed E-state index contributed by atoms with van der Waals surface area (Å²) in [5.74, 6) is 0. The number of halogens is 2. The summed E-state index contributed by atoms with van der Waals surface area (Å²) in [4.78, 5) is 1.89. The van der Waals surface area contributed by atoms with Crippen molar-refractivity contribution in [3.63, 3.8) is 0 Å². The number of rotatable bonds is 2. The molecule has 0 spiro atoms. The van der Waals surface area contributed by atoms with Crippen LogP contribution in [0.25, 0.3) is 0 Å². The first-order valence-electron chi connectivity index (χ1n) is 3.07. The van der Waals surface area contributed by atoms with Gasteiger partial charge in [-0.25, -0.2) is 0 Å². The molecule has 1 aromatic rings. The molecule has 0 amide bonds. The Labute approximate surface area is 78.3 Å². The first-order valence-corrected chi connectivity index (χ1v) is 5.18. The van der Waals surface area contributed by atoms with Crippen molar-refractivity contribution in [1.29, 1.82) is 0 Å². The molecule has 1 unspecified atom stereocenters. The largest absolute Gasteiger partial charge is 0.128 e. The molecule has 0 aliphatic carbocycles. The minimum absolute atomic E-state index is 0.544. The van der Waals surface area contributed by atoms with Crippen molar-refractivity contribution in [3.8, 4) is 0 Å². The van der Waals surface area contributed by atoms with Crippen LogP contribution in [-0.4, -0.2) is 4.83 Å². The van der Waals surface area contributed by atoms with Crippen molar-refractivity contribution >= 4 is 38.9 Å². The maximum atomic E-state index is 5.75. The molecule has 10 heavy (non-hydrogen) atoms. The van der Waals surface area contributed by atoms with Crippen LogP contribution in [0.2, 0.25) is 4.34 Å². The van der Waals surface area contributed by atoms with Crippen molar-refractivity contribution in [2.75, 3.05) is 0 Å². The molecule has 1 atom stereocenters. The van der Waals surface area contributed by atoms with Crippen LogP contribution >= 0.6 is 38.9 Å². The summed E-state index contributed by atoms with van der Waals surface area (Å²) < 4.78 is 0.878. The van der Waals surface area contributed by atoms with Crippen LogP contribution in [0.5, 0.6) is 0 Å². The molecule has 1 aromatic heterocycles. The Hall–Kier alpha value is 0.470. The summed E-state index contributed by atoms with van der Waals surface area (Å²) in [5, 5.41) is 0. The number of alkyl halides is 1. The van der Waals surface area contributed by atoms with Crippen LogP contribution in [0.4, 0.5) is 0 Å². The second-order valence-corrected chi connectivity index (χ2v) is 5.55. The first kappa shape index (κ1) is 8.57. The predicted molar refractivity (Wildman–Crippen MR) is 51.4 cm³/mol. The molecule has 0 saturated heterocycles. The lowest BCUT2D eigenvalue weighted by atomic mass is 10.3. The molecule has 0 fully saturated rings. The Morgan fingerprint density at radius 2 is 2.40 bits per heavy atom. The Morgan fingerprint density at radius 3 is 2.80 bits per heavy atom. The molecule has 0 nitrogen and oxygen atoms in total. The van der Waals surface area contributed by atoms with Gasteiger partial charge in [0, 0.05) is 9.70 Å². The SMILES string of the molecule is CC(Br)Cc1ccc(Cl)s1. The fraction of sp³-hybridized carbons (Fsp3) is 0.429. The molecule has 0 saturated carbocycles. The highest BCUT2D eigenvalue weighted by Gasteiger charge is 2.00. The molecule has 1 rings (SSSR count). The molecular weight excluding hydrogens is 232 g/mol. The zero-order valence-corrected chi connectivity index (χ0v) is 8.76. The number of hydrogen-bond acceptors (Lipinski definition) is 1. The van der Waals surface area contributed by atoms with E-state index in [4.69, 9.17) is 11.6 Å². The zero-order valence-electron chi connectivity index (χ0n) is 5.60. The van der Waals surface area contributed by atoms with Gasteiger partial charge in [-0.05, 0) is 18.6 Å². The molecular formula is C7H8BrClS. The van der Waals surface area contributed by atoms with Gasteiger partial charge in [0.05, 0.1) is 4.34 Å². The summed E-state index contributed by atoms with van der Waals surface area (Å²) in [6, 6.07) is 4.02. The van der Waals surface area contributed by atoms with Crippen molar-refractivity contribution in [2.45, 2.75) is 18.2 Å². The summed E-state index contributed by atoms with van der Waals surface area (Å²) in [6.45, 7) is 2.13. The molecule has 0 bridgehead atoms. The lowest BCUT2D eigenvalue weighted by Crippen LogP contribution is -1.92. The van der Waals surface area contributed by atoms with Gasteiger partial charge in [0.2, 0.25) is 0 Å². The summed E-state index contributed by atoms with van der Waals surface area (Å²) in [7, 11) is 0. The summed E-state index contributed by atoms with van der Waals surface area (Å²) in [5.41, 5.74) is 0. The van der Waals surface area contributed by atoms with Crippen molar-refractivity contribution in [1.82, 2.24) is 0 Å². The van der Waals surface area contributed by atoms with E-state index in [-0.39, 0.29) is 0 Å². The molecule has 56 valence electrons. The molecule has 0 N–H and O–H groups in total. The van der Waals surface area contributed by atoms with E-state index in [9.17, 15) is 0 Å². The smallest absolute Gasteiger partial charge is 0.0931 e. The first-order chi connectivity index (χ1) is 4.68. The molecule has 0 aliphatic heterocycles.